The molecule has 2 aromatic carbocycles. The maximum absolute atomic E-state index is 12.1. The largest absolute Gasteiger partial charge is 0.490 e. The van der Waals surface area contributed by atoms with E-state index in [1.54, 1.807) is 6.20 Å². The van der Waals surface area contributed by atoms with E-state index < -0.39 is 0 Å². The number of aromatic nitrogens is 1. The molecule has 4 nitrogen and oxygen atoms in total. The van der Waals surface area contributed by atoms with E-state index in [9.17, 15) is 4.79 Å². The second-order valence-corrected chi connectivity index (χ2v) is 7.48. The molecule has 3 aromatic rings. The number of carbonyl (C=O) groups excluding carboxylic acids is 1. The summed E-state index contributed by atoms with van der Waals surface area (Å²) in [7, 11) is 1.39. The predicted octanol–water partition coefficient (Wildman–Crippen LogP) is 5.62. The van der Waals surface area contributed by atoms with Crippen molar-refractivity contribution in [3.05, 3.63) is 70.8 Å². The van der Waals surface area contributed by atoms with E-state index in [1.165, 1.54) is 13.5 Å². The highest BCUT2D eigenvalue weighted by Gasteiger charge is 2.20. The van der Waals surface area contributed by atoms with Crippen molar-refractivity contribution in [3.63, 3.8) is 0 Å². The fourth-order valence-corrected chi connectivity index (χ4v) is 3.65. The monoisotopic (exact) mass is 425 g/mol. The molecule has 138 valence electrons. The standard InChI is InChI=1S/C22H20BrNO3/c1-26-22(25)16-13-21(24(14-16)20-11-3-2-10-19(20)23)15-6-4-9-18(12-15)27-17-7-5-8-17/h2-4,6,9-14,17H,5,7-8H2,1H3. The van der Waals surface area contributed by atoms with E-state index in [-0.39, 0.29) is 5.97 Å². The summed E-state index contributed by atoms with van der Waals surface area (Å²) in [4.78, 5) is 12.1. The molecule has 0 saturated heterocycles. The fraction of sp³-hybridized carbons (Fsp3) is 0.227. The van der Waals surface area contributed by atoms with Gasteiger partial charge in [0.15, 0.2) is 0 Å². The zero-order valence-electron chi connectivity index (χ0n) is 15.0. The van der Waals surface area contributed by atoms with Crippen molar-refractivity contribution < 1.29 is 14.3 Å². The molecule has 4 rings (SSSR count). The number of benzene rings is 2. The van der Waals surface area contributed by atoms with Gasteiger partial charge in [0.05, 0.1) is 30.2 Å². The molecule has 0 atom stereocenters. The molecular weight excluding hydrogens is 406 g/mol. The van der Waals surface area contributed by atoms with Crippen molar-refractivity contribution in [2.24, 2.45) is 0 Å². The number of rotatable bonds is 5. The SMILES string of the molecule is COC(=O)c1cc(-c2cccc(OC3CCC3)c2)n(-c2ccccc2Br)c1. The third-order valence-corrected chi connectivity index (χ3v) is 5.51. The quantitative estimate of drug-likeness (QED) is 0.497. The Hall–Kier alpha value is -2.53. The van der Waals surface area contributed by atoms with Gasteiger partial charge < -0.3 is 14.0 Å². The van der Waals surface area contributed by atoms with Gasteiger partial charge in [-0.15, -0.1) is 0 Å². The highest BCUT2D eigenvalue weighted by molar-refractivity contribution is 9.10. The summed E-state index contributed by atoms with van der Waals surface area (Å²) >= 11 is 3.61. The lowest BCUT2D eigenvalue weighted by Gasteiger charge is -2.26. The van der Waals surface area contributed by atoms with Gasteiger partial charge in [0.1, 0.15) is 5.75 Å². The van der Waals surface area contributed by atoms with E-state index >= 15 is 0 Å². The first-order chi connectivity index (χ1) is 13.2. The van der Waals surface area contributed by atoms with Crippen LogP contribution in [0.25, 0.3) is 16.9 Å². The third kappa shape index (κ3) is 3.65. The van der Waals surface area contributed by atoms with Crippen molar-refractivity contribution in [3.8, 4) is 22.7 Å². The van der Waals surface area contributed by atoms with Crippen LogP contribution in [0.4, 0.5) is 0 Å². The number of nitrogens with zero attached hydrogens (tertiary/aromatic N) is 1. The molecule has 1 saturated carbocycles. The average molecular weight is 426 g/mol. The van der Waals surface area contributed by atoms with E-state index in [0.29, 0.717) is 11.7 Å². The summed E-state index contributed by atoms with van der Waals surface area (Å²) in [5.74, 6) is 0.501. The van der Waals surface area contributed by atoms with Crippen LogP contribution in [0.3, 0.4) is 0 Å². The van der Waals surface area contributed by atoms with E-state index in [4.69, 9.17) is 9.47 Å². The van der Waals surface area contributed by atoms with Gasteiger partial charge in [0, 0.05) is 16.2 Å². The maximum Gasteiger partial charge on any atom is 0.339 e. The first-order valence-electron chi connectivity index (χ1n) is 8.98. The first-order valence-corrected chi connectivity index (χ1v) is 9.77. The van der Waals surface area contributed by atoms with Crippen LogP contribution in [0.2, 0.25) is 0 Å². The zero-order chi connectivity index (χ0) is 18.8. The highest BCUT2D eigenvalue weighted by atomic mass is 79.9. The molecule has 1 aromatic heterocycles. The Morgan fingerprint density at radius 3 is 2.63 bits per heavy atom. The highest BCUT2D eigenvalue weighted by Crippen LogP contribution is 2.33. The minimum absolute atomic E-state index is 0.320. The van der Waals surface area contributed by atoms with E-state index in [2.05, 4.69) is 15.9 Å². The topological polar surface area (TPSA) is 40.5 Å². The van der Waals surface area contributed by atoms with Gasteiger partial charge in [-0.05, 0) is 65.5 Å². The van der Waals surface area contributed by atoms with Crippen LogP contribution in [0, 0.1) is 0 Å². The molecule has 1 aliphatic carbocycles. The minimum Gasteiger partial charge on any atom is -0.490 e. The Bertz CT molecular complexity index is 975. The number of halogens is 1. The fourth-order valence-electron chi connectivity index (χ4n) is 3.17. The van der Waals surface area contributed by atoms with E-state index in [1.807, 2.05) is 59.2 Å². The third-order valence-electron chi connectivity index (χ3n) is 4.84. The van der Waals surface area contributed by atoms with Crippen molar-refractivity contribution in [1.82, 2.24) is 4.57 Å². The molecule has 0 unspecified atom stereocenters. The van der Waals surface area contributed by atoms with Gasteiger partial charge in [0.25, 0.3) is 0 Å². The normalized spacial score (nSPS) is 13.9. The van der Waals surface area contributed by atoms with Crippen LogP contribution < -0.4 is 4.74 Å². The number of ether oxygens (including phenoxy) is 2. The Morgan fingerprint density at radius 1 is 1.11 bits per heavy atom. The lowest BCUT2D eigenvalue weighted by Crippen LogP contribution is -2.24. The van der Waals surface area contributed by atoms with Crippen LogP contribution >= 0.6 is 15.9 Å². The Balaban J connectivity index is 1.79. The van der Waals surface area contributed by atoms with Crippen LogP contribution in [-0.2, 0) is 4.74 Å². The number of carbonyl (C=O) groups is 1. The average Bonchev–Trinajstić information content (AvgIpc) is 3.10. The molecule has 0 amide bonds. The van der Waals surface area contributed by atoms with Gasteiger partial charge in [0.2, 0.25) is 0 Å². The zero-order valence-corrected chi connectivity index (χ0v) is 16.6. The number of esters is 1. The number of methoxy groups -OCH3 is 1. The van der Waals surface area contributed by atoms with Gasteiger partial charge >= 0.3 is 5.97 Å². The van der Waals surface area contributed by atoms with Crippen LogP contribution in [0.1, 0.15) is 29.6 Å². The second-order valence-electron chi connectivity index (χ2n) is 6.63. The summed E-state index contributed by atoms with van der Waals surface area (Å²) in [6, 6.07) is 17.8. The summed E-state index contributed by atoms with van der Waals surface area (Å²) in [5, 5.41) is 0. The summed E-state index contributed by atoms with van der Waals surface area (Å²) < 4.78 is 13.9. The molecule has 0 aliphatic heterocycles. The number of hydrogen-bond donors (Lipinski definition) is 0. The molecule has 0 bridgehead atoms. The predicted molar refractivity (Wildman–Crippen MR) is 109 cm³/mol. The molecule has 5 heteroatoms. The van der Waals surface area contributed by atoms with Gasteiger partial charge in [-0.3, -0.25) is 0 Å². The van der Waals surface area contributed by atoms with Crippen LogP contribution in [0.5, 0.6) is 5.75 Å². The minimum atomic E-state index is -0.357. The Labute approximate surface area is 166 Å². The van der Waals surface area contributed by atoms with Crippen molar-refractivity contribution in [2.45, 2.75) is 25.4 Å². The van der Waals surface area contributed by atoms with Gasteiger partial charge in [-0.2, -0.15) is 0 Å². The van der Waals surface area contributed by atoms with Gasteiger partial charge in [-0.1, -0.05) is 24.3 Å². The smallest absolute Gasteiger partial charge is 0.339 e. The lowest BCUT2D eigenvalue weighted by molar-refractivity contribution is 0.0601. The van der Waals surface area contributed by atoms with E-state index in [0.717, 1.165) is 40.0 Å². The van der Waals surface area contributed by atoms with Crippen molar-refractivity contribution >= 4 is 21.9 Å². The number of hydrogen-bond acceptors (Lipinski definition) is 3. The molecule has 1 aliphatic rings. The van der Waals surface area contributed by atoms with Crippen LogP contribution in [0.15, 0.2) is 65.3 Å². The summed E-state index contributed by atoms with van der Waals surface area (Å²) in [6.07, 6.45) is 5.59. The molecule has 0 radical (unpaired) electrons. The summed E-state index contributed by atoms with van der Waals surface area (Å²) in [6.45, 7) is 0. The molecular formula is C22H20BrNO3. The number of para-hydroxylation sites is 1. The molecule has 1 fully saturated rings. The molecule has 27 heavy (non-hydrogen) atoms. The Morgan fingerprint density at radius 2 is 1.93 bits per heavy atom. The molecule has 0 N–H and O–H groups in total. The maximum atomic E-state index is 12.1. The Kier molecular flexibility index (Phi) is 5.03. The van der Waals surface area contributed by atoms with Crippen molar-refractivity contribution in [2.75, 3.05) is 7.11 Å². The summed E-state index contributed by atoms with van der Waals surface area (Å²) in [5.41, 5.74) is 3.35. The van der Waals surface area contributed by atoms with Gasteiger partial charge in [-0.25, -0.2) is 4.79 Å². The van der Waals surface area contributed by atoms with Crippen molar-refractivity contribution in [1.29, 1.82) is 0 Å². The molecule has 0 spiro atoms. The first kappa shape index (κ1) is 17.9. The van der Waals surface area contributed by atoms with Crippen LogP contribution in [-0.4, -0.2) is 23.8 Å². The second kappa shape index (κ2) is 7.61. The molecule has 1 heterocycles. The lowest BCUT2D eigenvalue weighted by atomic mass is 9.96.